The first-order chi connectivity index (χ1) is 4.57. The topological polar surface area (TPSA) is 38.0 Å². The van der Waals surface area contributed by atoms with Gasteiger partial charge in [0.1, 0.15) is 0 Å². The third kappa shape index (κ3) is 3.38. The van der Waals surface area contributed by atoms with E-state index in [2.05, 4.69) is 19.2 Å². The van der Waals surface area contributed by atoms with Crippen LogP contribution in [0.3, 0.4) is 0 Å². The number of hydrogen-bond donors (Lipinski definition) is 2. The highest BCUT2D eigenvalue weighted by Crippen LogP contribution is 1.96. The Kier molecular flexibility index (Phi) is 3.93. The van der Waals surface area contributed by atoms with Gasteiger partial charge in [-0.15, -0.1) is 0 Å². The van der Waals surface area contributed by atoms with Crippen molar-refractivity contribution < 1.29 is 0 Å². The molecule has 0 aromatic heterocycles. The predicted octanol–water partition coefficient (Wildman–Crippen LogP) is 1.58. The van der Waals surface area contributed by atoms with Gasteiger partial charge in [0, 0.05) is 17.4 Å². The van der Waals surface area contributed by atoms with Crippen LogP contribution in [0.1, 0.15) is 34.1 Å². The molecule has 0 aliphatic carbocycles. The van der Waals surface area contributed by atoms with E-state index in [0.29, 0.717) is 6.04 Å². The SMILES string of the molecule is CCC(C)N/C(C)=C(\C)N. The van der Waals surface area contributed by atoms with Crippen molar-refractivity contribution in [1.29, 1.82) is 0 Å². The highest BCUT2D eigenvalue weighted by atomic mass is 14.9. The van der Waals surface area contributed by atoms with Crippen molar-refractivity contribution in [3.63, 3.8) is 0 Å². The van der Waals surface area contributed by atoms with Crippen LogP contribution in [0.25, 0.3) is 0 Å². The summed E-state index contributed by atoms with van der Waals surface area (Å²) in [7, 11) is 0. The Balaban J connectivity index is 3.79. The second kappa shape index (κ2) is 4.20. The Labute approximate surface area is 63.5 Å². The minimum atomic E-state index is 0.526. The minimum absolute atomic E-state index is 0.526. The zero-order valence-electron chi connectivity index (χ0n) is 7.36. The highest BCUT2D eigenvalue weighted by Gasteiger charge is 1.97. The number of nitrogens with one attached hydrogen (secondary N) is 1. The maximum atomic E-state index is 5.56. The Bertz CT molecular complexity index is 123. The van der Waals surface area contributed by atoms with Crippen LogP contribution in [-0.2, 0) is 0 Å². The lowest BCUT2D eigenvalue weighted by Crippen LogP contribution is -2.25. The van der Waals surface area contributed by atoms with E-state index >= 15 is 0 Å². The standard InChI is InChI=1S/C8H18N2/c1-5-6(2)10-8(4)7(3)9/h6,10H,5,9H2,1-4H3/b8-7+. The van der Waals surface area contributed by atoms with E-state index in [9.17, 15) is 0 Å². The molecular weight excluding hydrogens is 124 g/mol. The Hall–Kier alpha value is -0.660. The molecule has 1 unspecified atom stereocenters. The molecule has 0 heterocycles. The Morgan fingerprint density at radius 2 is 2.00 bits per heavy atom. The van der Waals surface area contributed by atoms with Crippen LogP contribution in [0.2, 0.25) is 0 Å². The molecule has 0 saturated heterocycles. The maximum Gasteiger partial charge on any atom is 0.0265 e. The van der Waals surface area contributed by atoms with E-state index < -0.39 is 0 Å². The number of rotatable bonds is 3. The summed E-state index contributed by atoms with van der Waals surface area (Å²) >= 11 is 0. The lowest BCUT2D eigenvalue weighted by Gasteiger charge is -2.13. The quantitative estimate of drug-likeness (QED) is 0.628. The number of hydrogen-bond acceptors (Lipinski definition) is 2. The third-order valence-electron chi connectivity index (χ3n) is 1.67. The predicted molar refractivity (Wildman–Crippen MR) is 45.5 cm³/mol. The van der Waals surface area contributed by atoms with Crippen molar-refractivity contribution in [3.8, 4) is 0 Å². The van der Waals surface area contributed by atoms with Gasteiger partial charge in [0.05, 0.1) is 0 Å². The van der Waals surface area contributed by atoms with Gasteiger partial charge in [-0.05, 0) is 27.2 Å². The van der Waals surface area contributed by atoms with Gasteiger partial charge in [-0.25, -0.2) is 0 Å². The summed E-state index contributed by atoms with van der Waals surface area (Å²) in [5, 5.41) is 3.28. The van der Waals surface area contributed by atoms with Crippen LogP contribution in [0, 0.1) is 0 Å². The monoisotopic (exact) mass is 142 g/mol. The molecule has 0 rings (SSSR count). The van der Waals surface area contributed by atoms with Crippen LogP contribution in [0.5, 0.6) is 0 Å². The van der Waals surface area contributed by atoms with Crippen LogP contribution in [0.15, 0.2) is 11.4 Å². The first-order valence-electron chi connectivity index (χ1n) is 3.77. The largest absolute Gasteiger partial charge is 0.401 e. The van der Waals surface area contributed by atoms with Gasteiger partial charge >= 0.3 is 0 Å². The fraction of sp³-hybridized carbons (Fsp3) is 0.750. The first kappa shape index (κ1) is 9.34. The van der Waals surface area contributed by atoms with Crippen molar-refractivity contribution in [2.24, 2.45) is 5.73 Å². The van der Waals surface area contributed by atoms with Crippen molar-refractivity contribution in [1.82, 2.24) is 5.32 Å². The highest BCUT2D eigenvalue weighted by molar-refractivity contribution is 5.03. The van der Waals surface area contributed by atoms with E-state index in [4.69, 9.17) is 5.73 Å². The van der Waals surface area contributed by atoms with E-state index in [0.717, 1.165) is 17.8 Å². The molecule has 0 bridgehead atoms. The van der Waals surface area contributed by atoms with Crippen molar-refractivity contribution in [2.45, 2.75) is 40.2 Å². The molecule has 2 heteroatoms. The molecule has 0 amide bonds. The lowest BCUT2D eigenvalue weighted by atomic mass is 10.2. The molecule has 0 spiro atoms. The van der Waals surface area contributed by atoms with Crippen LogP contribution >= 0.6 is 0 Å². The number of allylic oxidation sites excluding steroid dienone is 2. The van der Waals surface area contributed by atoms with E-state index in [1.807, 2.05) is 13.8 Å². The van der Waals surface area contributed by atoms with Gasteiger partial charge in [0.2, 0.25) is 0 Å². The maximum absolute atomic E-state index is 5.56. The van der Waals surface area contributed by atoms with E-state index in [-0.39, 0.29) is 0 Å². The van der Waals surface area contributed by atoms with E-state index in [1.165, 1.54) is 0 Å². The molecule has 2 nitrogen and oxygen atoms in total. The summed E-state index contributed by atoms with van der Waals surface area (Å²) in [6, 6.07) is 0.526. The molecule has 60 valence electrons. The minimum Gasteiger partial charge on any atom is -0.401 e. The molecule has 0 fully saturated rings. The van der Waals surface area contributed by atoms with Crippen LogP contribution < -0.4 is 11.1 Å². The average molecular weight is 142 g/mol. The summed E-state index contributed by atoms with van der Waals surface area (Å²) in [5.74, 6) is 0. The Morgan fingerprint density at radius 3 is 2.30 bits per heavy atom. The molecule has 0 aromatic rings. The molecule has 0 aliphatic heterocycles. The van der Waals surface area contributed by atoms with Crippen molar-refractivity contribution in [2.75, 3.05) is 0 Å². The molecule has 0 aliphatic rings. The molecule has 3 N–H and O–H groups in total. The Morgan fingerprint density at radius 1 is 1.50 bits per heavy atom. The van der Waals surface area contributed by atoms with Gasteiger partial charge in [-0.1, -0.05) is 6.92 Å². The first-order valence-corrected chi connectivity index (χ1v) is 3.77. The normalized spacial score (nSPS) is 16.0. The van der Waals surface area contributed by atoms with Crippen molar-refractivity contribution >= 4 is 0 Å². The summed E-state index contributed by atoms with van der Waals surface area (Å²) in [5.41, 5.74) is 7.52. The number of nitrogens with two attached hydrogens (primary N) is 1. The average Bonchev–Trinajstić information content (AvgIpc) is 1.87. The molecule has 0 saturated carbocycles. The van der Waals surface area contributed by atoms with Gasteiger partial charge < -0.3 is 11.1 Å². The zero-order valence-corrected chi connectivity index (χ0v) is 7.36. The summed E-state index contributed by atoms with van der Waals surface area (Å²) < 4.78 is 0. The lowest BCUT2D eigenvalue weighted by molar-refractivity contribution is 0.591. The summed E-state index contributed by atoms with van der Waals surface area (Å²) in [6.07, 6.45) is 1.13. The van der Waals surface area contributed by atoms with Gasteiger partial charge in [0.15, 0.2) is 0 Å². The third-order valence-corrected chi connectivity index (χ3v) is 1.67. The smallest absolute Gasteiger partial charge is 0.0265 e. The molecule has 10 heavy (non-hydrogen) atoms. The van der Waals surface area contributed by atoms with Crippen molar-refractivity contribution in [3.05, 3.63) is 11.4 Å². The molecule has 1 atom stereocenters. The van der Waals surface area contributed by atoms with Gasteiger partial charge in [-0.3, -0.25) is 0 Å². The summed E-state index contributed by atoms with van der Waals surface area (Å²) in [6.45, 7) is 8.20. The molecular formula is C8H18N2. The second-order valence-electron chi connectivity index (χ2n) is 2.76. The fourth-order valence-corrected chi connectivity index (χ4v) is 0.585. The van der Waals surface area contributed by atoms with Crippen LogP contribution in [-0.4, -0.2) is 6.04 Å². The summed E-state index contributed by atoms with van der Waals surface area (Å²) in [4.78, 5) is 0. The fourth-order valence-electron chi connectivity index (χ4n) is 0.585. The second-order valence-corrected chi connectivity index (χ2v) is 2.76. The molecule has 0 aromatic carbocycles. The van der Waals surface area contributed by atoms with E-state index in [1.54, 1.807) is 0 Å². The zero-order chi connectivity index (χ0) is 8.15. The van der Waals surface area contributed by atoms with Crippen LogP contribution in [0.4, 0.5) is 0 Å². The van der Waals surface area contributed by atoms with Gasteiger partial charge in [0.25, 0.3) is 0 Å². The molecule has 0 radical (unpaired) electrons. The van der Waals surface area contributed by atoms with Gasteiger partial charge in [-0.2, -0.15) is 0 Å².